The summed E-state index contributed by atoms with van der Waals surface area (Å²) in [5.41, 5.74) is 27.8. The van der Waals surface area contributed by atoms with Crippen molar-refractivity contribution in [2.45, 2.75) is 12.8 Å². The Labute approximate surface area is 512 Å². The molecule has 1 unspecified atom stereocenters. The standard InChI is InChI=1S/C82H53N7/c1-51-78(57-38-42-64-72(48-57)88-73-46-55(52-22-6-2-7-23-52)39-43-65(73)83-81(88)80(64)54-26-10-4-11-27-54)76(86-67-34-18-14-30-60(67)61-31-15-19-35-68(61)86)50-77(87-69-36-20-16-32-62(69)63-33-17-21-37-70(63)87)79(51)58-41-45-71-75(49-58)89-74-47-56(53-24-8-3-9-25-53)40-44-66(74)84-82(89)85(71)59-28-12-5-13-29-59/h2-50,80H,1H3. The van der Waals surface area contributed by atoms with Crippen molar-refractivity contribution in [1.29, 1.82) is 0 Å². The van der Waals surface area contributed by atoms with Crippen LogP contribution in [0.25, 0.3) is 150 Å². The van der Waals surface area contributed by atoms with Crippen molar-refractivity contribution in [3.63, 3.8) is 0 Å². The zero-order chi connectivity index (χ0) is 58.4. The van der Waals surface area contributed by atoms with Gasteiger partial charge in [0.05, 0.1) is 78.1 Å². The topological polar surface area (TPSA) is 49.9 Å². The molecule has 7 heteroatoms. The molecule has 7 nitrogen and oxygen atoms in total. The first-order valence-corrected chi connectivity index (χ1v) is 30.6. The molecule has 1 aliphatic rings. The molecule has 13 aromatic carbocycles. The Hall–Kier alpha value is -11.8. The maximum atomic E-state index is 5.54. The van der Waals surface area contributed by atoms with Crippen LogP contribution in [0.1, 0.15) is 28.4 Å². The van der Waals surface area contributed by atoms with E-state index >= 15 is 0 Å². The molecule has 0 fully saturated rings. The van der Waals surface area contributed by atoms with Crippen LogP contribution in [0.2, 0.25) is 0 Å². The van der Waals surface area contributed by atoms with E-state index in [1.165, 1.54) is 38.2 Å². The lowest BCUT2D eigenvalue weighted by molar-refractivity contribution is 0.910. The van der Waals surface area contributed by atoms with Crippen molar-refractivity contribution < 1.29 is 0 Å². The highest BCUT2D eigenvalue weighted by Gasteiger charge is 2.35. The number of hydrogen-bond acceptors (Lipinski definition) is 2. The van der Waals surface area contributed by atoms with E-state index in [1.807, 2.05) is 0 Å². The molecule has 18 aromatic rings. The normalized spacial score (nSPS) is 13.1. The van der Waals surface area contributed by atoms with E-state index in [4.69, 9.17) is 9.97 Å². The second kappa shape index (κ2) is 19.1. The van der Waals surface area contributed by atoms with Crippen LogP contribution in [0.4, 0.5) is 0 Å². The minimum atomic E-state index is -0.0752. The van der Waals surface area contributed by atoms with Crippen LogP contribution in [0.5, 0.6) is 0 Å². The van der Waals surface area contributed by atoms with Gasteiger partial charge in [-0.3, -0.25) is 13.5 Å². The molecule has 0 radical (unpaired) electrons. The Kier molecular flexibility index (Phi) is 10.6. The smallest absolute Gasteiger partial charge is 0.220 e. The molecule has 19 rings (SSSR count). The summed E-state index contributed by atoms with van der Waals surface area (Å²) in [7, 11) is 0. The minimum absolute atomic E-state index is 0.0752. The first-order chi connectivity index (χ1) is 44.1. The van der Waals surface area contributed by atoms with Crippen LogP contribution in [-0.4, -0.2) is 32.6 Å². The lowest BCUT2D eigenvalue weighted by Gasteiger charge is -2.25. The summed E-state index contributed by atoms with van der Waals surface area (Å²) in [5.74, 6) is 1.81. The maximum Gasteiger partial charge on any atom is 0.220 e. The summed E-state index contributed by atoms with van der Waals surface area (Å²) in [5, 5.41) is 4.82. The fourth-order valence-electron chi connectivity index (χ4n) is 15.1. The summed E-state index contributed by atoms with van der Waals surface area (Å²) >= 11 is 0. The van der Waals surface area contributed by atoms with E-state index in [-0.39, 0.29) is 5.92 Å². The van der Waals surface area contributed by atoms with Crippen molar-refractivity contribution in [2.24, 2.45) is 0 Å². The number of benzene rings is 13. The third-order valence-corrected chi connectivity index (χ3v) is 18.9. The molecule has 0 bridgehead atoms. The molecule has 0 aliphatic carbocycles. The van der Waals surface area contributed by atoms with Gasteiger partial charge in [-0.15, -0.1) is 0 Å². The quantitative estimate of drug-likeness (QED) is 0.152. The Morgan fingerprint density at radius 3 is 1.30 bits per heavy atom. The molecule has 89 heavy (non-hydrogen) atoms. The average Bonchev–Trinajstić information content (AvgIpc) is 1.63. The lowest BCUT2D eigenvalue weighted by Crippen LogP contribution is -2.07. The average molecular weight is 1140 g/mol. The van der Waals surface area contributed by atoms with Gasteiger partial charge in [0.15, 0.2) is 0 Å². The third kappa shape index (κ3) is 7.27. The number of para-hydroxylation sites is 5. The summed E-state index contributed by atoms with van der Waals surface area (Å²) < 4.78 is 12.2. The highest BCUT2D eigenvalue weighted by atomic mass is 15.2. The maximum absolute atomic E-state index is 5.54. The predicted molar refractivity (Wildman–Crippen MR) is 367 cm³/mol. The van der Waals surface area contributed by atoms with Crippen LogP contribution in [0.15, 0.2) is 297 Å². The zero-order valence-corrected chi connectivity index (χ0v) is 48.5. The molecule has 0 saturated carbocycles. The van der Waals surface area contributed by atoms with Gasteiger partial charge < -0.3 is 9.13 Å². The van der Waals surface area contributed by atoms with Crippen molar-refractivity contribution in [1.82, 2.24) is 32.6 Å². The molecule has 0 saturated heterocycles. The van der Waals surface area contributed by atoms with Crippen LogP contribution < -0.4 is 0 Å². The number of fused-ring (bicyclic) bond motifs is 16. The molecule has 0 amide bonds. The molecule has 0 N–H and O–H groups in total. The summed E-state index contributed by atoms with van der Waals surface area (Å²) in [4.78, 5) is 11.0. The van der Waals surface area contributed by atoms with Gasteiger partial charge in [-0.2, -0.15) is 0 Å². The third-order valence-electron chi connectivity index (χ3n) is 18.9. The van der Waals surface area contributed by atoms with E-state index in [0.29, 0.717) is 0 Å². The number of imidazole rings is 3. The Balaban J connectivity index is 0.953. The van der Waals surface area contributed by atoms with Gasteiger partial charge in [0.2, 0.25) is 5.78 Å². The summed E-state index contributed by atoms with van der Waals surface area (Å²) in [6.45, 7) is 2.37. The van der Waals surface area contributed by atoms with E-state index in [2.05, 4.69) is 327 Å². The van der Waals surface area contributed by atoms with E-state index < -0.39 is 0 Å². The number of aromatic nitrogens is 7. The van der Waals surface area contributed by atoms with Crippen molar-refractivity contribution in [3.8, 4) is 67.3 Å². The van der Waals surface area contributed by atoms with Crippen molar-refractivity contribution in [2.75, 3.05) is 0 Å². The number of nitrogens with zero attached hydrogens (tertiary/aromatic N) is 7. The van der Waals surface area contributed by atoms with Gasteiger partial charge in [0, 0.05) is 38.4 Å². The summed E-state index contributed by atoms with van der Waals surface area (Å²) in [6, 6.07) is 109. The first-order valence-electron chi connectivity index (χ1n) is 30.6. The molecule has 416 valence electrons. The van der Waals surface area contributed by atoms with Gasteiger partial charge in [-0.05, 0) is 142 Å². The first kappa shape index (κ1) is 49.5. The number of hydrogen-bond donors (Lipinski definition) is 0. The van der Waals surface area contributed by atoms with Gasteiger partial charge in [0.1, 0.15) is 5.82 Å². The monoisotopic (exact) mass is 1140 g/mol. The highest BCUT2D eigenvalue weighted by Crippen LogP contribution is 2.51. The second-order valence-electron chi connectivity index (χ2n) is 23.7. The van der Waals surface area contributed by atoms with E-state index in [9.17, 15) is 0 Å². The van der Waals surface area contributed by atoms with E-state index in [0.717, 1.165) is 134 Å². The van der Waals surface area contributed by atoms with Gasteiger partial charge >= 0.3 is 0 Å². The van der Waals surface area contributed by atoms with Gasteiger partial charge in [0.25, 0.3) is 0 Å². The highest BCUT2D eigenvalue weighted by molar-refractivity contribution is 6.12. The van der Waals surface area contributed by atoms with Crippen LogP contribution in [-0.2, 0) is 0 Å². The SMILES string of the molecule is Cc1c(-c2ccc3c(c2)-n2c(nc4ccc(-c5ccccc5)cc42)C3c2ccccc2)c(-n2c3ccccc3c3ccccc32)cc(-n2c3ccccc3c3ccccc32)c1-c1ccc2c(c1)n1c3cc(-c4ccccc4)ccc3nc1n2-c1ccccc1. The van der Waals surface area contributed by atoms with E-state index in [1.54, 1.807) is 0 Å². The zero-order valence-electron chi connectivity index (χ0n) is 48.5. The molecule has 1 atom stereocenters. The fraction of sp³-hybridized carbons (Fsp3) is 0.0244. The molecule has 0 spiro atoms. The molecule has 1 aliphatic heterocycles. The van der Waals surface area contributed by atoms with Crippen LogP contribution >= 0.6 is 0 Å². The largest absolute Gasteiger partial charge is 0.309 e. The molecular formula is C82H53N7. The van der Waals surface area contributed by atoms with Gasteiger partial charge in [-0.1, -0.05) is 212 Å². The summed E-state index contributed by atoms with van der Waals surface area (Å²) in [6.07, 6.45) is 0. The van der Waals surface area contributed by atoms with Gasteiger partial charge in [-0.25, -0.2) is 9.97 Å². The molecule has 5 aromatic heterocycles. The fourth-order valence-corrected chi connectivity index (χ4v) is 15.1. The Morgan fingerprint density at radius 2 is 0.742 bits per heavy atom. The predicted octanol–water partition coefficient (Wildman–Crippen LogP) is 20.4. The molecular weight excluding hydrogens is 1080 g/mol. The Morgan fingerprint density at radius 1 is 0.292 bits per heavy atom. The van der Waals surface area contributed by atoms with Crippen molar-refractivity contribution >= 4 is 82.5 Å². The van der Waals surface area contributed by atoms with Crippen LogP contribution in [0.3, 0.4) is 0 Å². The van der Waals surface area contributed by atoms with Crippen LogP contribution in [0, 0.1) is 6.92 Å². The molecule has 6 heterocycles. The lowest BCUT2D eigenvalue weighted by atomic mass is 9.87. The minimum Gasteiger partial charge on any atom is -0.309 e. The second-order valence-corrected chi connectivity index (χ2v) is 23.7. The number of rotatable bonds is 8. The Bertz CT molecular complexity index is 5810. The van der Waals surface area contributed by atoms with Crippen molar-refractivity contribution in [3.05, 3.63) is 320 Å².